The summed E-state index contributed by atoms with van der Waals surface area (Å²) in [5.74, 6) is 0. The van der Waals surface area contributed by atoms with E-state index in [0.29, 0.717) is 36.2 Å². The first-order chi connectivity index (χ1) is 15.6. The maximum Gasteiger partial charge on any atom is 0.330 e. The third kappa shape index (κ3) is 3.43. The number of hydrogen-bond donors (Lipinski definition) is 1. The topological polar surface area (TPSA) is 72.3 Å². The van der Waals surface area contributed by atoms with Gasteiger partial charge in [-0.1, -0.05) is 35.9 Å². The Morgan fingerprint density at radius 2 is 1.78 bits per heavy atom. The highest BCUT2D eigenvalue weighted by atomic mass is 35.5. The van der Waals surface area contributed by atoms with Crippen molar-refractivity contribution in [1.29, 1.82) is 0 Å². The number of anilines is 1. The third-order valence-electron chi connectivity index (χ3n) is 5.91. The Kier molecular flexibility index (Phi) is 5.36. The maximum absolute atomic E-state index is 13.1. The smallest absolute Gasteiger partial charge is 0.330 e. The predicted octanol–water partition coefficient (Wildman–Crippen LogP) is 3.66. The highest BCUT2D eigenvalue weighted by molar-refractivity contribution is 6.30. The van der Waals surface area contributed by atoms with Crippen LogP contribution in [-0.4, -0.2) is 40.4 Å². The number of aromatic nitrogens is 3. The number of imidazole rings is 1. The van der Waals surface area contributed by atoms with Crippen LogP contribution in [0.4, 0.5) is 5.69 Å². The van der Waals surface area contributed by atoms with Gasteiger partial charge in [-0.2, -0.15) is 0 Å². The minimum Gasteiger partial charge on any atom is -0.378 e. The first kappa shape index (κ1) is 20.6. The SMILES string of the molecule is CCn1c(=O)cc(N2CCOCC2)c2cccc(-n3c(-c4ccc(Cl)cc4)c[nH]c3=O)c21. The van der Waals surface area contributed by atoms with Crippen molar-refractivity contribution in [3.05, 3.63) is 80.6 Å². The Bertz CT molecular complexity index is 1400. The fourth-order valence-corrected chi connectivity index (χ4v) is 4.53. The van der Waals surface area contributed by atoms with Gasteiger partial charge >= 0.3 is 5.69 Å². The summed E-state index contributed by atoms with van der Waals surface area (Å²) in [5.41, 5.74) is 3.45. The fourth-order valence-electron chi connectivity index (χ4n) is 4.41. The second-order valence-electron chi connectivity index (χ2n) is 7.71. The molecule has 0 radical (unpaired) electrons. The lowest BCUT2D eigenvalue weighted by Crippen LogP contribution is -2.37. The van der Waals surface area contributed by atoms with Gasteiger partial charge < -0.3 is 19.2 Å². The highest BCUT2D eigenvalue weighted by Gasteiger charge is 2.21. The second kappa shape index (κ2) is 8.33. The van der Waals surface area contributed by atoms with Crippen LogP contribution >= 0.6 is 11.6 Å². The van der Waals surface area contributed by atoms with E-state index in [9.17, 15) is 9.59 Å². The van der Waals surface area contributed by atoms with E-state index in [1.165, 1.54) is 0 Å². The summed E-state index contributed by atoms with van der Waals surface area (Å²) in [6, 6.07) is 14.8. The number of aryl methyl sites for hydroxylation is 1. The van der Waals surface area contributed by atoms with Crippen LogP contribution in [0, 0.1) is 0 Å². The van der Waals surface area contributed by atoms with E-state index < -0.39 is 0 Å². The normalized spacial score (nSPS) is 14.2. The molecular formula is C24H23ClN4O3. The number of morpholine rings is 1. The third-order valence-corrected chi connectivity index (χ3v) is 6.16. The van der Waals surface area contributed by atoms with Crippen LogP contribution in [0.2, 0.25) is 5.02 Å². The molecule has 2 aromatic heterocycles. The lowest BCUT2D eigenvalue weighted by molar-refractivity contribution is 0.123. The molecule has 1 aliphatic rings. The number of H-pyrrole nitrogens is 1. The van der Waals surface area contributed by atoms with Crippen molar-refractivity contribution < 1.29 is 4.74 Å². The number of benzene rings is 2. The summed E-state index contributed by atoms with van der Waals surface area (Å²) in [5, 5.41) is 1.55. The van der Waals surface area contributed by atoms with Crippen LogP contribution in [0.1, 0.15) is 6.92 Å². The number of para-hydroxylation sites is 1. The summed E-state index contributed by atoms with van der Waals surface area (Å²) in [7, 11) is 0. The molecule has 0 unspecified atom stereocenters. The number of nitrogens with one attached hydrogen (secondary N) is 1. The molecule has 8 heteroatoms. The zero-order valence-electron chi connectivity index (χ0n) is 17.7. The fraction of sp³-hybridized carbons (Fsp3) is 0.250. The second-order valence-corrected chi connectivity index (χ2v) is 8.14. The zero-order chi connectivity index (χ0) is 22.2. The van der Waals surface area contributed by atoms with Crippen LogP contribution in [-0.2, 0) is 11.3 Å². The summed E-state index contributed by atoms with van der Waals surface area (Å²) in [4.78, 5) is 31.1. The van der Waals surface area contributed by atoms with Crippen molar-refractivity contribution in [3.63, 3.8) is 0 Å². The Hall–Kier alpha value is -3.29. The van der Waals surface area contributed by atoms with Gasteiger partial charge in [0.15, 0.2) is 0 Å². The summed E-state index contributed by atoms with van der Waals surface area (Å²) in [6.07, 6.45) is 1.69. The van der Waals surface area contributed by atoms with Crippen LogP contribution in [0.3, 0.4) is 0 Å². The molecule has 1 saturated heterocycles. The predicted molar refractivity (Wildman–Crippen MR) is 127 cm³/mol. The molecule has 5 rings (SSSR count). The number of pyridine rings is 1. The van der Waals surface area contributed by atoms with Crippen LogP contribution in [0.5, 0.6) is 0 Å². The van der Waals surface area contributed by atoms with E-state index in [-0.39, 0.29) is 11.2 Å². The summed E-state index contributed by atoms with van der Waals surface area (Å²) >= 11 is 6.06. The molecule has 164 valence electrons. The van der Waals surface area contributed by atoms with Gasteiger partial charge in [0.1, 0.15) is 0 Å². The maximum atomic E-state index is 13.1. The zero-order valence-corrected chi connectivity index (χ0v) is 18.4. The summed E-state index contributed by atoms with van der Waals surface area (Å²) < 4.78 is 8.84. The molecule has 3 heterocycles. The van der Waals surface area contributed by atoms with Crippen molar-refractivity contribution in [1.82, 2.24) is 14.1 Å². The molecular weight excluding hydrogens is 428 g/mol. The number of aromatic amines is 1. The monoisotopic (exact) mass is 450 g/mol. The van der Waals surface area contributed by atoms with Crippen LogP contribution in [0.25, 0.3) is 27.8 Å². The van der Waals surface area contributed by atoms with Crippen molar-refractivity contribution in [2.75, 3.05) is 31.2 Å². The molecule has 0 atom stereocenters. The summed E-state index contributed by atoms with van der Waals surface area (Å²) in [6.45, 7) is 5.10. The Labute approximate surface area is 189 Å². The quantitative estimate of drug-likeness (QED) is 0.515. The number of fused-ring (bicyclic) bond motifs is 1. The largest absolute Gasteiger partial charge is 0.378 e. The molecule has 2 aromatic carbocycles. The van der Waals surface area contributed by atoms with E-state index >= 15 is 0 Å². The van der Waals surface area contributed by atoms with Gasteiger partial charge in [-0.05, 0) is 25.1 Å². The average Bonchev–Trinajstić information content (AvgIpc) is 3.20. The number of nitrogens with zero attached hydrogens (tertiary/aromatic N) is 3. The number of halogens is 1. The Morgan fingerprint density at radius 3 is 2.50 bits per heavy atom. The standard InChI is InChI=1S/C24H23ClN4O3/c1-2-28-22(30)14-20(27-10-12-32-13-11-27)18-4-3-5-19(23(18)28)29-21(15-26-24(29)31)16-6-8-17(25)9-7-16/h3-9,14-15H,2,10-13H2,1H3,(H,26,31). The van der Waals surface area contributed by atoms with E-state index in [1.54, 1.807) is 33.5 Å². The van der Waals surface area contributed by atoms with Crippen molar-refractivity contribution in [2.45, 2.75) is 13.5 Å². The van der Waals surface area contributed by atoms with Gasteiger partial charge in [-0.25, -0.2) is 4.79 Å². The molecule has 0 aliphatic carbocycles. The molecule has 4 aromatic rings. The molecule has 7 nitrogen and oxygen atoms in total. The Balaban J connectivity index is 1.81. The first-order valence-corrected chi connectivity index (χ1v) is 11.0. The van der Waals surface area contributed by atoms with Crippen molar-refractivity contribution in [3.8, 4) is 16.9 Å². The molecule has 1 N–H and O–H groups in total. The molecule has 0 saturated carbocycles. The van der Waals surface area contributed by atoms with E-state index in [2.05, 4.69) is 9.88 Å². The molecule has 0 amide bonds. The van der Waals surface area contributed by atoms with Gasteiger partial charge in [-0.15, -0.1) is 0 Å². The minimum atomic E-state index is -0.269. The minimum absolute atomic E-state index is 0.0921. The first-order valence-electron chi connectivity index (χ1n) is 10.6. The van der Waals surface area contributed by atoms with E-state index in [1.807, 2.05) is 37.3 Å². The van der Waals surface area contributed by atoms with Gasteiger partial charge in [0.2, 0.25) is 0 Å². The molecule has 0 spiro atoms. The van der Waals surface area contributed by atoms with Crippen LogP contribution < -0.4 is 16.1 Å². The molecule has 0 bridgehead atoms. The van der Waals surface area contributed by atoms with Crippen molar-refractivity contribution >= 4 is 28.2 Å². The van der Waals surface area contributed by atoms with Gasteiger partial charge in [0.05, 0.1) is 35.8 Å². The van der Waals surface area contributed by atoms with Gasteiger partial charge in [-0.3, -0.25) is 9.36 Å². The average molecular weight is 451 g/mol. The van der Waals surface area contributed by atoms with Gasteiger partial charge in [0.25, 0.3) is 5.56 Å². The highest BCUT2D eigenvalue weighted by Crippen LogP contribution is 2.32. The Morgan fingerprint density at radius 1 is 1.03 bits per heavy atom. The molecule has 1 aliphatic heterocycles. The molecule has 1 fully saturated rings. The van der Waals surface area contributed by atoms with E-state index in [4.69, 9.17) is 16.3 Å². The lowest BCUT2D eigenvalue weighted by Gasteiger charge is -2.30. The van der Waals surface area contributed by atoms with Crippen molar-refractivity contribution in [2.24, 2.45) is 0 Å². The van der Waals surface area contributed by atoms with Gasteiger partial charge in [0, 0.05) is 47.9 Å². The lowest BCUT2D eigenvalue weighted by atomic mass is 10.1. The number of ether oxygens (including phenoxy) is 1. The van der Waals surface area contributed by atoms with Crippen LogP contribution in [0.15, 0.2) is 64.3 Å². The number of hydrogen-bond acceptors (Lipinski definition) is 4. The molecule has 32 heavy (non-hydrogen) atoms. The number of rotatable bonds is 4. The van der Waals surface area contributed by atoms with E-state index in [0.717, 1.165) is 35.2 Å².